The number of amides is 1. The number of benzene rings is 1. The lowest BCUT2D eigenvalue weighted by Gasteiger charge is -2.07. The van der Waals surface area contributed by atoms with Gasteiger partial charge in [-0.05, 0) is 12.1 Å². The lowest BCUT2D eigenvalue weighted by atomic mass is 10.2. The van der Waals surface area contributed by atoms with Crippen molar-refractivity contribution in [3.05, 3.63) is 24.0 Å². The zero-order chi connectivity index (χ0) is 12.8. The van der Waals surface area contributed by atoms with Gasteiger partial charge in [0.25, 0.3) is 0 Å². The summed E-state index contributed by atoms with van der Waals surface area (Å²) >= 11 is 0. The first kappa shape index (κ1) is 13.0. The van der Waals surface area contributed by atoms with Crippen molar-refractivity contribution in [3.8, 4) is 5.75 Å². The van der Waals surface area contributed by atoms with Crippen molar-refractivity contribution in [1.29, 1.82) is 0 Å². The Kier molecular flexibility index (Phi) is 4.45. The minimum atomic E-state index is -1.04. The van der Waals surface area contributed by atoms with E-state index < -0.39 is 17.7 Å². The third kappa shape index (κ3) is 4.10. The van der Waals surface area contributed by atoms with Gasteiger partial charge < -0.3 is 15.2 Å². The zero-order valence-electron chi connectivity index (χ0n) is 9.20. The fraction of sp³-hybridized carbons (Fsp3) is 0.273. The molecule has 2 N–H and O–H groups in total. The minimum absolute atomic E-state index is 0.0148. The summed E-state index contributed by atoms with van der Waals surface area (Å²) in [5.41, 5.74) is 0.360. The highest BCUT2D eigenvalue weighted by Gasteiger charge is 2.08. The number of aliphatic carboxylic acids is 1. The predicted octanol–water partition coefficient (Wildman–Crippen LogP) is 1.64. The Morgan fingerprint density at radius 2 is 2.12 bits per heavy atom. The summed E-state index contributed by atoms with van der Waals surface area (Å²) in [6.07, 6.45) is -0.376. The van der Waals surface area contributed by atoms with Crippen LogP contribution in [0.2, 0.25) is 0 Å². The highest BCUT2D eigenvalue weighted by molar-refractivity contribution is 5.92. The number of nitrogens with one attached hydrogen (secondary N) is 1. The van der Waals surface area contributed by atoms with Gasteiger partial charge in [0, 0.05) is 18.2 Å². The molecule has 0 aliphatic heterocycles. The first-order valence-corrected chi connectivity index (χ1v) is 4.88. The van der Waals surface area contributed by atoms with Gasteiger partial charge in [0.2, 0.25) is 5.91 Å². The van der Waals surface area contributed by atoms with Crippen molar-refractivity contribution in [2.45, 2.75) is 12.8 Å². The van der Waals surface area contributed by atoms with Crippen molar-refractivity contribution in [1.82, 2.24) is 0 Å². The van der Waals surface area contributed by atoms with Crippen LogP contribution in [0, 0.1) is 5.82 Å². The second-order valence-corrected chi connectivity index (χ2v) is 3.29. The molecule has 92 valence electrons. The number of carboxylic acid groups (broad SMARTS) is 1. The number of anilines is 1. The molecule has 6 heteroatoms. The van der Waals surface area contributed by atoms with Crippen LogP contribution in [0.15, 0.2) is 18.2 Å². The molecule has 0 fully saturated rings. The van der Waals surface area contributed by atoms with Crippen LogP contribution in [-0.4, -0.2) is 24.1 Å². The van der Waals surface area contributed by atoms with Crippen molar-refractivity contribution >= 4 is 17.6 Å². The van der Waals surface area contributed by atoms with Gasteiger partial charge in [-0.1, -0.05) is 0 Å². The van der Waals surface area contributed by atoms with Crippen molar-refractivity contribution < 1.29 is 23.8 Å². The second kappa shape index (κ2) is 5.83. The maximum atomic E-state index is 13.0. The minimum Gasteiger partial charge on any atom is -0.494 e. The molecule has 0 spiro atoms. The molecule has 0 radical (unpaired) electrons. The molecule has 0 aliphatic rings. The van der Waals surface area contributed by atoms with Crippen LogP contribution in [0.3, 0.4) is 0 Å². The van der Waals surface area contributed by atoms with Gasteiger partial charge in [-0.15, -0.1) is 0 Å². The Morgan fingerprint density at radius 3 is 2.71 bits per heavy atom. The largest absolute Gasteiger partial charge is 0.494 e. The quantitative estimate of drug-likeness (QED) is 0.821. The van der Waals surface area contributed by atoms with Gasteiger partial charge in [0.15, 0.2) is 11.6 Å². The standard InChI is InChI=1S/C11H12FNO4/c1-17-9-6-7(2-3-8(9)12)13-10(14)4-5-11(15)16/h2-3,6H,4-5H2,1H3,(H,13,14)(H,15,16). The summed E-state index contributed by atoms with van der Waals surface area (Å²) in [4.78, 5) is 21.5. The molecule has 0 atom stereocenters. The molecule has 0 aliphatic carbocycles. The summed E-state index contributed by atoms with van der Waals surface area (Å²) in [7, 11) is 1.31. The second-order valence-electron chi connectivity index (χ2n) is 3.29. The van der Waals surface area contributed by atoms with Gasteiger partial charge in [-0.3, -0.25) is 9.59 Å². The number of hydrogen-bond acceptors (Lipinski definition) is 3. The van der Waals surface area contributed by atoms with Crippen molar-refractivity contribution in [2.75, 3.05) is 12.4 Å². The van der Waals surface area contributed by atoms with E-state index in [0.717, 1.165) is 6.07 Å². The molecule has 1 aromatic rings. The van der Waals surface area contributed by atoms with Crippen LogP contribution < -0.4 is 10.1 Å². The number of methoxy groups -OCH3 is 1. The molecule has 0 bridgehead atoms. The number of carbonyl (C=O) groups excluding carboxylic acids is 1. The van der Waals surface area contributed by atoms with Crippen molar-refractivity contribution in [2.24, 2.45) is 0 Å². The lowest BCUT2D eigenvalue weighted by Crippen LogP contribution is -2.13. The number of carboxylic acids is 1. The van der Waals surface area contributed by atoms with E-state index in [0.29, 0.717) is 5.69 Å². The van der Waals surface area contributed by atoms with E-state index in [2.05, 4.69) is 5.32 Å². The summed E-state index contributed by atoms with van der Waals surface area (Å²) in [5.74, 6) is -2.00. The van der Waals surface area contributed by atoms with E-state index in [1.807, 2.05) is 0 Å². The number of ether oxygens (including phenoxy) is 1. The molecule has 0 heterocycles. The number of hydrogen-bond donors (Lipinski definition) is 2. The monoisotopic (exact) mass is 241 g/mol. The van der Waals surface area contributed by atoms with E-state index in [9.17, 15) is 14.0 Å². The molecule has 5 nitrogen and oxygen atoms in total. The van der Waals surface area contributed by atoms with Crippen LogP contribution in [0.25, 0.3) is 0 Å². The van der Waals surface area contributed by atoms with Crippen molar-refractivity contribution in [3.63, 3.8) is 0 Å². The third-order valence-corrected chi connectivity index (χ3v) is 2.00. The summed E-state index contributed by atoms with van der Waals surface area (Å²) in [6, 6.07) is 3.86. The lowest BCUT2D eigenvalue weighted by molar-refractivity contribution is -0.138. The molecule has 0 saturated carbocycles. The molecule has 17 heavy (non-hydrogen) atoms. The molecule has 1 aromatic carbocycles. The molecule has 0 aromatic heterocycles. The first-order chi connectivity index (χ1) is 8.02. The van der Waals surface area contributed by atoms with Gasteiger partial charge >= 0.3 is 5.97 Å². The van der Waals surface area contributed by atoms with Crippen LogP contribution >= 0.6 is 0 Å². The summed E-state index contributed by atoms with van der Waals surface area (Å²) in [5, 5.41) is 10.8. The number of rotatable bonds is 5. The number of halogens is 1. The SMILES string of the molecule is COc1cc(NC(=O)CCC(=O)O)ccc1F. The third-order valence-electron chi connectivity index (χ3n) is 2.00. The molecular formula is C11H12FNO4. The molecule has 0 unspecified atom stereocenters. The Bertz CT molecular complexity index is 433. The highest BCUT2D eigenvalue weighted by Crippen LogP contribution is 2.21. The van der Waals surface area contributed by atoms with Crippen LogP contribution in [0.4, 0.5) is 10.1 Å². The Hall–Kier alpha value is -2.11. The highest BCUT2D eigenvalue weighted by atomic mass is 19.1. The first-order valence-electron chi connectivity index (χ1n) is 4.88. The van der Waals surface area contributed by atoms with E-state index in [1.165, 1.54) is 19.2 Å². The Balaban J connectivity index is 2.62. The van der Waals surface area contributed by atoms with E-state index >= 15 is 0 Å². The smallest absolute Gasteiger partial charge is 0.303 e. The summed E-state index contributed by atoms with van der Waals surface area (Å²) < 4.78 is 17.8. The number of carbonyl (C=O) groups is 2. The fourth-order valence-electron chi connectivity index (χ4n) is 1.18. The van der Waals surface area contributed by atoms with Gasteiger partial charge in [0.1, 0.15) is 0 Å². The Morgan fingerprint density at radius 1 is 1.41 bits per heavy atom. The van der Waals surface area contributed by atoms with E-state index in [-0.39, 0.29) is 18.6 Å². The zero-order valence-corrected chi connectivity index (χ0v) is 9.20. The van der Waals surface area contributed by atoms with Gasteiger partial charge in [-0.2, -0.15) is 0 Å². The van der Waals surface area contributed by atoms with E-state index in [4.69, 9.17) is 9.84 Å². The average molecular weight is 241 g/mol. The van der Waals surface area contributed by atoms with Gasteiger partial charge in [-0.25, -0.2) is 4.39 Å². The van der Waals surface area contributed by atoms with Crippen LogP contribution in [-0.2, 0) is 9.59 Å². The maximum Gasteiger partial charge on any atom is 0.303 e. The predicted molar refractivity (Wildman–Crippen MR) is 58.5 cm³/mol. The molecule has 1 amide bonds. The normalized spacial score (nSPS) is 9.76. The maximum absolute atomic E-state index is 13.0. The van der Waals surface area contributed by atoms with Crippen LogP contribution in [0.1, 0.15) is 12.8 Å². The Labute approximate surface area is 97.2 Å². The summed E-state index contributed by atoms with van der Waals surface area (Å²) in [6.45, 7) is 0. The average Bonchev–Trinajstić information content (AvgIpc) is 2.29. The van der Waals surface area contributed by atoms with Crippen LogP contribution in [0.5, 0.6) is 5.75 Å². The molecule has 1 rings (SSSR count). The molecular weight excluding hydrogens is 229 g/mol. The fourth-order valence-corrected chi connectivity index (χ4v) is 1.18. The van der Waals surface area contributed by atoms with Gasteiger partial charge in [0.05, 0.1) is 13.5 Å². The van der Waals surface area contributed by atoms with E-state index in [1.54, 1.807) is 0 Å². The topological polar surface area (TPSA) is 75.6 Å². The molecule has 0 saturated heterocycles.